The Balaban J connectivity index is 2.20. The van der Waals surface area contributed by atoms with E-state index >= 15 is 0 Å². The van der Waals surface area contributed by atoms with Crippen LogP contribution in [-0.2, 0) is 0 Å². The molecule has 30 valence electrons. The fraction of sp³-hybridized carbons (Fsp3) is 1.00. The Bertz CT molecular complexity index is 36.9. The normalized spacial score (nSPS) is 49.2. The van der Waals surface area contributed by atoms with E-state index < -0.39 is 0 Å². The highest BCUT2D eigenvalue weighted by Crippen LogP contribution is 2.39. The van der Waals surface area contributed by atoms with Gasteiger partial charge >= 0.3 is 0 Å². The lowest BCUT2D eigenvalue weighted by atomic mass is 10.4. The molecule has 0 saturated carbocycles. The fourth-order valence-corrected chi connectivity index (χ4v) is 0.880. The third kappa shape index (κ3) is 0.596. The average molecular weight is 88.2 g/mol. The van der Waals surface area contributed by atoms with Gasteiger partial charge in [0.2, 0.25) is 0 Å². The van der Waals surface area contributed by atoms with Gasteiger partial charge in [-0.2, -0.15) is 11.8 Å². The van der Waals surface area contributed by atoms with Gasteiger partial charge in [0.05, 0.1) is 0 Å². The van der Waals surface area contributed by atoms with Crippen molar-refractivity contribution in [3.8, 4) is 0 Å². The number of hydrogen-bond donors (Lipinski definition) is 0. The molecular weight excluding hydrogens is 80.1 g/mol. The zero-order valence-corrected chi connectivity index (χ0v) is 4.38. The van der Waals surface area contributed by atoms with E-state index in [1.165, 1.54) is 0 Å². The summed E-state index contributed by atoms with van der Waals surface area (Å²) in [5.41, 5.74) is 0. The van der Waals surface area contributed by atoms with E-state index in [0.29, 0.717) is 0 Å². The smallest absolute Gasteiger partial charge is 0.0138 e. The zero-order valence-electron chi connectivity index (χ0n) is 3.56. The maximum Gasteiger partial charge on any atom is 0.0138 e. The topological polar surface area (TPSA) is 0 Å². The van der Waals surface area contributed by atoms with Crippen LogP contribution in [0.4, 0.5) is 0 Å². The molecule has 0 aromatic heterocycles. The summed E-state index contributed by atoms with van der Waals surface area (Å²) in [6.07, 6.45) is 0. The lowest BCUT2D eigenvalue weighted by molar-refractivity contribution is 1.05. The van der Waals surface area contributed by atoms with Crippen LogP contribution >= 0.6 is 11.8 Å². The Hall–Kier alpha value is 0.350. The summed E-state index contributed by atoms with van der Waals surface area (Å²) in [7, 11) is 0. The molecule has 1 aliphatic rings. The van der Waals surface area contributed by atoms with Gasteiger partial charge in [-0.05, 0) is 0 Å². The summed E-state index contributed by atoms with van der Waals surface area (Å²) in [5.74, 6) is 0. The molecule has 1 heterocycles. The minimum Gasteiger partial charge on any atom is -0.153 e. The summed E-state index contributed by atoms with van der Waals surface area (Å²) in [6, 6.07) is 0. The fourth-order valence-electron chi connectivity index (χ4n) is 0.293. The van der Waals surface area contributed by atoms with Crippen molar-refractivity contribution in [3.63, 3.8) is 0 Å². The van der Waals surface area contributed by atoms with Crippen molar-refractivity contribution in [2.75, 3.05) is 0 Å². The summed E-state index contributed by atoms with van der Waals surface area (Å²) in [6.45, 7) is 4.52. The van der Waals surface area contributed by atoms with Crippen molar-refractivity contribution in [2.45, 2.75) is 24.3 Å². The van der Waals surface area contributed by atoms with Gasteiger partial charge in [0.25, 0.3) is 0 Å². The molecule has 2 atom stereocenters. The van der Waals surface area contributed by atoms with Crippen LogP contribution in [0.15, 0.2) is 0 Å². The van der Waals surface area contributed by atoms with Crippen molar-refractivity contribution in [1.82, 2.24) is 0 Å². The molecule has 1 aliphatic heterocycles. The van der Waals surface area contributed by atoms with Crippen LogP contribution in [0.1, 0.15) is 13.8 Å². The first-order valence-corrected chi connectivity index (χ1v) is 2.90. The zero-order chi connectivity index (χ0) is 3.86. The summed E-state index contributed by atoms with van der Waals surface area (Å²) in [4.78, 5) is 0. The molecule has 1 heteroatoms. The predicted molar refractivity (Wildman–Crippen MR) is 26.5 cm³/mol. The molecule has 0 radical (unpaired) electrons. The molecule has 0 amide bonds. The second-order valence-electron chi connectivity index (χ2n) is 1.55. The van der Waals surface area contributed by atoms with Crippen LogP contribution in [-0.4, -0.2) is 10.5 Å². The molecule has 5 heavy (non-hydrogen) atoms. The second-order valence-corrected chi connectivity index (χ2v) is 3.31. The Morgan fingerprint density at radius 1 is 1.20 bits per heavy atom. The molecule has 1 rings (SSSR count). The largest absolute Gasteiger partial charge is 0.153 e. The highest BCUT2D eigenvalue weighted by Gasteiger charge is 2.27. The number of rotatable bonds is 0. The molecule has 0 aliphatic carbocycles. The highest BCUT2D eigenvalue weighted by molar-refractivity contribution is 8.07. The molecule has 0 unspecified atom stereocenters. The van der Waals surface area contributed by atoms with Crippen molar-refractivity contribution in [2.24, 2.45) is 0 Å². The van der Waals surface area contributed by atoms with E-state index in [-0.39, 0.29) is 0 Å². The minimum atomic E-state index is 0.968. The molecule has 0 bridgehead atoms. The Morgan fingerprint density at radius 3 is 1.40 bits per heavy atom. The van der Waals surface area contributed by atoms with Crippen molar-refractivity contribution in [1.29, 1.82) is 0 Å². The maximum atomic E-state index is 2.26. The monoisotopic (exact) mass is 88.0 g/mol. The molecule has 0 N–H and O–H groups in total. The van der Waals surface area contributed by atoms with Crippen LogP contribution in [0, 0.1) is 0 Å². The molecule has 0 aromatic rings. The lowest BCUT2D eigenvalue weighted by Crippen LogP contribution is -1.74. The van der Waals surface area contributed by atoms with E-state index in [1.807, 2.05) is 11.8 Å². The van der Waals surface area contributed by atoms with Crippen LogP contribution in [0.5, 0.6) is 0 Å². The van der Waals surface area contributed by atoms with Crippen molar-refractivity contribution < 1.29 is 0 Å². The van der Waals surface area contributed by atoms with E-state index in [4.69, 9.17) is 0 Å². The van der Waals surface area contributed by atoms with Crippen LogP contribution in [0.25, 0.3) is 0 Å². The van der Waals surface area contributed by atoms with E-state index in [2.05, 4.69) is 13.8 Å². The van der Waals surface area contributed by atoms with E-state index in [0.717, 1.165) is 10.5 Å². The molecule has 0 spiro atoms. The molecule has 1 fully saturated rings. The molecule has 1 saturated heterocycles. The number of thioether (sulfide) groups is 1. The van der Waals surface area contributed by atoms with E-state index in [1.54, 1.807) is 0 Å². The van der Waals surface area contributed by atoms with Gasteiger partial charge in [-0.3, -0.25) is 0 Å². The standard InChI is InChI=1S/C4H8S/c1-3-4(2)5-3/h3-4H,1-2H3/t3-,4-/m0/s1. The Morgan fingerprint density at radius 2 is 1.40 bits per heavy atom. The molecule has 0 aromatic carbocycles. The predicted octanol–water partition coefficient (Wildman–Crippen LogP) is 1.51. The van der Waals surface area contributed by atoms with Gasteiger partial charge in [-0.25, -0.2) is 0 Å². The third-order valence-electron chi connectivity index (χ3n) is 1.01. The summed E-state index contributed by atoms with van der Waals surface area (Å²) in [5, 5.41) is 1.94. The van der Waals surface area contributed by atoms with Gasteiger partial charge in [-0.15, -0.1) is 0 Å². The summed E-state index contributed by atoms with van der Waals surface area (Å²) < 4.78 is 0. The number of hydrogen-bond acceptors (Lipinski definition) is 1. The first-order valence-electron chi connectivity index (χ1n) is 1.96. The van der Waals surface area contributed by atoms with Crippen molar-refractivity contribution in [3.05, 3.63) is 0 Å². The quantitative estimate of drug-likeness (QED) is 0.404. The van der Waals surface area contributed by atoms with Gasteiger partial charge < -0.3 is 0 Å². The van der Waals surface area contributed by atoms with Gasteiger partial charge in [-0.1, -0.05) is 13.8 Å². The Labute approximate surface area is 37.0 Å². The van der Waals surface area contributed by atoms with Crippen LogP contribution in [0.3, 0.4) is 0 Å². The van der Waals surface area contributed by atoms with Crippen LogP contribution < -0.4 is 0 Å². The molecular formula is C4H8S. The SMILES string of the molecule is C[C@@H]1S[C@H]1C. The van der Waals surface area contributed by atoms with Gasteiger partial charge in [0.1, 0.15) is 0 Å². The van der Waals surface area contributed by atoms with Crippen LogP contribution in [0.2, 0.25) is 0 Å². The van der Waals surface area contributed by atoms with Gasteiger partial charge in [0.15, 0.2) is 0 Å². The summed E-state index contributed by atoms with van der Waals surface area (Å²) >= 11 is 2.05. The third-order valence-corrected chi connectivity index (χ3v) is 2.37. The Kier molecular flexibility index (Phi) is 0.639. The molecule has 0 nitrogen and oxygen atoms in total. The maximum absolute atomic E-state index is 2.26. The first-order chi connectivity index (χ1) is 2.30. The van der Waals surface area contributed by atoms with E-state index in [9.17, 15) is 0 Å². The van der Waals surface area contributed by atoms with Crippen molar-refractivity contribution >= 4 is 11.8 Å². The lowest BCUT2D eigenvalue weighted by Gasteiger charge is -1.62. The second kappa shape index (κ2) is 0.904. The highest BCUT2D eigenvalue weighted by atomic mass is 32.2. The van der Waals surface area contributed by atoms with Gasteiger partial charge in [0, 0.05) is 10.5 Å². The average Bonchev–Trinajstić information content (AvgIpc) is 1.79. The minimum absolute atomic E-state index is 0.968. The first kappa shape index (κ1) is 3.54.